The van der Waals surface area contributed by atoms with Crippen molar-refractivity contribution in [2.45, 2.75) is 44.9 Å². The van der Waals surface area contributed by atoms with E-state index in [9.17, 15) is 14.4 Å². The molecule has 0 unspecified atom stereocenters. The van der Waals surface area contributed by atoms with Gasteiger partial charge < -0.3 is 10.6 Å². The van der Waals surface area contributed by atoms with Crippen LogP contribution in [0.5, 0.6) is 0 Å². The average molecular weight is 375 g/mol. The largest absolute Gasteiger partial charge is 0.356 e. The molecule has 1 atom stereocenters. The Hall–Kier alpha value is -2.15. The summed E-state index contributed by atoms with van der Waals surface area (Å²) in [5.41, 5.74) is 1.01. The van der Waals surface area contributed by atoms with Crippen LogP contribution in [0.1, 0.15) is 38.7 Å². The number of hydrogen-bond donors (Lipinski definition) is 2. The summed E-state index contributed by atoms with van der Waals surface area (Å²) in [5, 5.41) is 5.58. The summed E-state index contributed by atoms with van der Waals surface area (Å²) in [7, 11) is 0. The molecule has 0 aromatic heterocycles. The molecule has 1 heterocycles. The van der Waals surface area contributed by atoms with E-state index in [1.165, 1.54) is 11.8 Å². The van der Waals surface area contributed by atoms with Gasteiger partial charge in [-0.3, -0.25) is 14.4 Å². The van der Waals surface area contributed by atoms with Gasteiger partial charge in [0.25, 0.3) is 5.91 Å². The molecule has 26 heavy (non-hydrogen) atoms. The number of amides is 3. The van der Waals surface area contributed by atoms with E-state index in [0.717, 1.165) is 12.0 Å². The van der Waals surface area contributed by atoms with Gasteiger partial charge in [-0.2, -0.15) is 0 Å². The smallest absolute Gasteiger partial charge is 0.260 e. The van der Waals surface area contributed by atoms with Crippen LogP contribution in [0.3, 0.4) is 0 Å². The van der Waals surface area contributed by atoms with Gasteiger partial charge in [0.05, 0.1) is 11.5 Å². The molecule has 0 aliphatic carbocycles. The molecule has 0 radical (unpaired) electrons. The Kier molecular flexibility index (Phi) is 7.84. The van der Waals surface area contributed by atoms with Crippen LogP contribution >= 0.6 is 11.8 Å². The molecule has 140 valence electrons. The van der Waals surface area contributed by atoms with E-state index in [1.54, 1.807) is 0 Å². The number of thioether (sulfide) groups is 1. The molecule has 3 amide bonds. The van der Waals surface area contributed by atoms with Crippen LogP contribution in [-0.2, 0) is 20.9 Å². The number of carbonyl (C=O) groups excluding carboxylic acids is 3. The van der Waals surface area contributed by atoms with Crippen LogP contribution in [0.25, 0.3) is 0 Å². The molecule has 7 heteroatoms. The Morgan fingerprint density at radius 3 is 2.58 bits per heavy atom. The molecular formula is C19H25N3O3S. The number of rotatable bonds is 9. The molecule has 0 saturated carbocycles. The first-order valence-electron chi connectivity index (χ1n) is 8.79. The van der Waals surface area contributed by atoms with Crippen molar-refractivity contribution in [2.75, 3.05) is 6.54 Å². The van der Waals surface area contributed by atoms with Crippen LogP contribution < -0.4 is 10.6 Å². The first kappa shape index (κ1) is 20.2. The molecule has 0 bridgehead atoms. The quantitative estimate of drug-likeness (QED) is 0.693. The van der Waals surface area contributed by atoms with Gasteiger partial charge in [-0.25, -0.2) is 4.99 Å². The summed E-state index contributed by atoms with van der Waals surface area (Å²) in [6.07, 6.45) is 1.07. The van der Waals surface area contributed by atoms with Gasteiger partial charge in [0.1, 0.15) is 5.25 Å². The Morgan fingerprint density at radius 1 is 1.15 bits per heavy atom. The summed E-state index contributed by atoms with van der Waals surface area (Å²) in [6.45, 7) is 5.22. The van der Waals surface area contributed by atoms with Crippen molar-refractivity contribution in [1.29, 1.82) is 0 Å². The average Bonchev–Trinajstić information content (AvgIpc) is 2.92. The van der Waals surface area contributed by atoms with Gasteiger partial charge in [0.15, 0.2) is 0 Å². The van der Waals surface area contributed by atoms with E-state index >= 15 is 0 Å². The maximum Gasteiger partial charge on any atom is 0.260 e. The summed E-state index contributed by atoms with van der Waals surface area (Å²) in [5.74, 6) is -0.154. The van der Waals surface area contributed by atoms with Gasteiger partial charge in [-0.05, 0) is 17.9 Å². The van der Waals surface area contributed by atoms with E-state index in [4.69, 9.17) is 0 Å². The van der Waals surface area contributed by atoms with E-state index in [1.807, 2.05) is 30.3 Å². The standard InChI is InChI=1S/C19H25N3O3S/c1-13(2)8-9-20-16(23)10-15-19(25)22-18(26-15)11-17(24)21-12-14-6-4-3-5-7-14/h3-7,13,15H,8-12H2,1-2H3,(H,20,23)(H,21,24)/t15-/m0/s1. The fourth-order valence-electron chi connectivity index (χ4n) is 2.38. The lowest BCUT2D eigenvalue weighted by Gasteiger charge is -2.09. The highest BCUT2D eigenvalue weighted by Gasteiger charge is 2.31. The van der Waals surface area contributed by atoms with Crippen molar-refractivity contribution in [3.63, 3.8) is 0 Å². The Labute approximate surface area is 158 Å². The van der Waals surface area contributed by atoms with Crippen molar-refractivity contribution < 1.29 is 14.4 Å². The number of aliphatic imine (C=N–C) groups is 1. The first-order valence-corrected chi connectivity index (χ1v) is 9.67. The minimum absolute atomic E-state index is 0.0642. The van der Waals surface area contributed by atoms with E-state index in [2.05, 4.69) is 29.5 Å². The maximum atomic E-state index is 12.0. The Morgan fingerprint density at radius 2 is 1.88 bits per heavy atom. The van der Waals surface area contributed by atoms with Gasteiger partial charge in [0.2, 0.25) is 11.8 Å². The number of benzene rings is 1. The molecule has 1 aromatic rings. The van der Waals surface area contributed by atoms with E-state index in [0.29, 0.717) is 24.1 Å². The van der Waals surface area contributed by atoms with Crippen LogP contribution in [0.2, 0.25) is 0 Å². The van der Waals surface area contributed by atoms with E-state index < -0.39 is 5.25 Å². The summed E-state index contributed by atoms with van der Waals surface area (Å²) < 4.78 is 0. The molecule has 1 aromatic carbocycles. The topological polar surface area (TPSA) is 87.6 Å². The SMILES string of the molecule is CC(C)CCNC(=O)C[C@@H]1SC(CC(=O)NCc2ccccc2)=NC1=O. The summed E-state index contributed by atoms with van der Waals surface area (Å²) >= 11 is 1.22. The third-order valence-corrected chi connectivity index (χ3v) is 5.01. The summed E-state index contributed by atoms with van der Waals surface area (Å²) in [6, 6.07) is 9.60. The van der Waals surface area contributed by atoms with Crippen LogP contribution in [0, 0.1) is 5.92 Å². The predicted molar refractivity (Wildman–Crippen MR) is 104 cm³/mol. The molecule has 1 aliphatic rings. The third-order valence-electron chi connectivity index (χ3n) is 3.85. The highest BCUT2D eigenvalue weighted by atomic mass is 32.2. The van der Waals surface area contributed by atoms with Crippen molar-refractivity contribution in [3.8, 4) is 0 Å². The van der Waals surface area contributed by atoms with Crippen molar-refractivity contribution in [3.05, 3.63) is 35.9 Å². The third kappa shape index (κ3) is 7.00. The van der Waals surface area contributed by atoms with E-state index in [-0.39, 0.29) is 30.6 Å². The molecule has 0 spiro atoms. The zero-order valence-corrected chi connectivity index (χ0v) is 16.0. The van der Waals surface area contributed by atoms with Gasteiger partial charge in [-0.1, -0.05) is 55.9 Å². The molecule has 2 rings (SSSR count). The highest BCUT2D eigenvalue weighted by molar-refractivity contribution is 8.15. The second-order valence-electron chi connectivity index (χ2n) is 6.63. The fraction of sp³-hybridized carbons (Fsp3) is 0.474. The normalized spacial score (nSPS) is 16.5. The highest BCUT2D eigenvalue weighted by Crippen LogP contribution is 2.26. The van der Waals surface area contributed by atoms with Gasteiger partial charge in [-0.15, -0.1) is 0 Å². The summed E-state index contributed by atoms with van der Waals surface area (Å²) in [4.78, 5) is 39.8. The van der Waals surface area contributed by atoms with Crippen molar-refractivity contribution in [1.82, 2.24) is 10.6 Å². The molecular weight excluding hydrogens is 350 g/mol. The van der Waals surface area contributed by atoms with Crippen LogP contribution in [0.15, 0.2) is 35.3 Å². The molecule has 1 aliphatic heterocycles. The number of nitrogens with one attached hydrogen (secondary N) is 2. The van der Waals surface area contributed by atoms with Crippen LogP contribution in [-0.4, -0.2) is 34.6 Å². The van der Waals surface area contributed by atoms with Gasteiger partial charge >= 0.3 is 0 Å². The molecule has 0 fully saturated rings. The monoisotopic (exact) mass is 375 g/mol. The maximum absolute atomic E-state index is 12.0. The van der Waals surface area contributed by atoms with Crippen molar-refractivity contribution >= 4 is 34.5 Å². The lowest BCUT2D eigenvalue weighted by Crippen LogP contribution is -2.29. The Balaban J connectivity index is 1.71. The minimum Gasteiger partial charge on any atom is -0.356 e. The second-order valence-corrected chi connectivity index (χ2v) is 7.90. The predicted octanol–water partition coefficient (Wildman–Crippen LogP) is 2.29. The van der Waals surface area contributed by atoms with Crippen molar-refractivity contribution in [2.24, 2.45) is 10.9 Å². The van der Waals surface area contributed by atoms with Gasteiger partial charge in [0, 0.05) is 19.5 Å². The fourth-order valence-corrected chi connectivity index (χ4v) is 3.46. The first-order chi connectivity index (χ1) is 12.4. The molecule has 2 N–H and O–H groups in total. The Bertz CT molecular complexity index is 674. The number of hydrogen-bond acceptors (Lipinski definition) is 4. The molecule has 0 saturated heterocycles. The lowest BCUT2D eigenvalue weighted by atomic mass is 10.1. The lowest BCUT2D eigenvalue weighted by molar-refractivity contribution is -0.124. The molecule has 6 nitrogen and oxygen atoms in total. The zero-order valence-electron chi connectivity index (χ0n) is 15.2. The van der Waals surface area contributed by atoms with Crippen LogP contribution in [0.4, 0.5) is 0 Å². The zero-order chi connectivity index (χ0) is 18.9. The number of carbonyl (C=O) groups is 3. The number of nitrogens with zero attached hydrogens (tertiary/aromatic N) is 1. The minimum atomic E-state index is -0.522. The second kappa shape index (κ2) is 10.1.